The number of rotatable bonds is 2. The normalized spacial score (nSPS) is 21.8. The summed E-state index contributed by atoms with van der Waals surface area (Å²) < 4.78 is 0. The van der Waals surface area contributed by atoms with Gasteiger partial charge >= 0.3 is 0 Å². The molecule has 0 aromatic heterocycles. The molecule has 1 saturated carbocycles. The predicted octanol–water partition coefficient (Wildman–Crippen LogP) is 2.10. The smallest absolute Gasteiger partial charge is 0.0608 e. The standard InChI is InChI=1S/C11H14O/c1-9(12)11(7-8-11)10-5-3-2-4-6-10/h2-6,9,12H,7-8H2,1H3. The third-order valence-corrected chi connectivity index (χ3v) is 2.94. The van der Waals surface area contributed by atoms with Crippen molar-refractivity contribution in [1.29, 1.82) is 0 Å². The van der Waals surface area contributed by atoms with Crippen molar-refractivity contribution >= 4 is 0 Å². The van der Waals surface area contributed by atoms with E-state index in [9.17, 15) is 5.11 Å². The Kier molecular flexibility index (Phi) is 1.69. The largest absolute Gasteiger partial charge is 0.392 e. The number of aliphatic hydroxyl groups is 1. The Hall–Kier alpha value is -0.820. The minimum Gasteiger partial charge on any atom is -0.392 e. The molecule has 1 heteroatoms. The Balaban J connectivity index is 2.31. The van der Waals surface area contributed by atoms with Crippen LogP contribution in [0, 0.1) is 0 Å². The average molecular weight is 162 g/mol. The van der Waals surface area contributed by atoms with Crippen LogP contribution in [0.15, 0.2) is 30.3 Å². The lowest BCUT2D eigenvalue weighted by Gasteiger charge is -2.18. The van der Waals surface area contributed by atoms with Crippen LogP contribution in [0.2, 0.25) is 0 Å². The summed E-state index contributed by atoms with van der Waals surface area (Å²) in [5, 5.41) is 9.60. The van der Waals surface area contributed by atoms with Gasteiger partial charge in [-0.15, -0.1) is 0 Å². The van der Waals surface area contributed by atoms with Crippen LogP contribution in [-0.2, 0) is 5.41 Å². The Morgan fingerprint density at radius 2 is 1.83 bits per heavy atom. The van der Waals surface area contributed by atoms with Crippen molar-refractivity contribution < 1.29 is 5.11 Å². The highest BCUT2D eigenvalue weighted by molar-refractivity contribution is 5.32. The molecule has 1 aromatic rings. The third kappa shape index (κ3) is 1.05. The van der Waals surface area contributed by atoms with Crippen LogP contribution in [0.5, 0.6) is 0 Å². The maximum Gasteiger partial charge on any atom is 0.0608 e. The van der Waals surface area contributed by atoms with Crippen molar-refractivity contribution in [3.8, 4) is 0 Å². The summed E-state index contributed by atoms with van der Waals surface area (Å²) in [4.78, 5) is 0. The van der Waals surface area contributed by atoms with E-state index in [2.05, 4.69) is 12.1 Å². The van der Waals surface area contributed by atoms with Crippen LogP contribution < -0.4 is 0 Å². The summed E-state index contributed by atoms with van der Waals surface area (Å²) in [5.41, 5.74) is 1.39. The SMILES string of the molecule is CC(O)C1(c2ccccc2)CC1. The molecule has 1 fully saturated rings. The van der Waals surface area contributed by atoms with Crippen molar-refractivity contribution in [3.63, 3.8) is 0 Å². The molecule has 0 radical (unpaired) electrons. The first-order valence-corrected chi connectivity index (χ1v) is 4.49. The first kappa shape index (κ1) is 7.81. The molecule has 64 valence electrons. The van der Waals surface area contributed by atoms with Crippen molar-refractivity contribution in [2.45, 2.75) is 31.3 Å². The van der Waals surface area contributed by atoms with Gasteiger partial charge in [0.2, 0.25) is 0 Å². The molecule has 0 amide bonds. The summed E-state index contributed by atoms with van der Waals surface area (Å²) in [6, 6.07) is 10.3. The summed E-state index contributed by atoms with van der Waals surface area (Å²) in [7, 11) is 0. The van der Waals surface area contributed by atoms with Crippen LogP contribution in [0.25, 0.3) is 0 Å². The first-order chi connectivity index (χ1) is 5.76. The fraction of sp³-hybridized carbons (Fsp3) is 0.455. The highest BCUT2D eigenvalue weighted by Gasteiger charge is 2.48. The fourth-order valence-corrected chi connectivity index (χ4v) is 1.85. The van der Waals surface area contributed by atoms with Gasteiger partial charge < -0.3 is 5.11 Å². The van der Waals surface area contributed by atoms with Gasteiger partial charge in [0.1, 0.15) is 0 Å². The summed E-state index contributed by atoms with van der Waals surface area (Å²) >= 11 is 0. The molecule has 12 heavy (non-hydrogen) atoms. The highest BCUT2D eigenvalue weighted by Crippen LogP contribution is 2.50. The van der Waals surface area contributed by atoms with Crippen molar-refractivity contribution in [2.75, 3.05) is 0 Å². The monoisotopic (exact) mass is 162 g/mol. The molecule has 0 heterocycles. The lowest BCUT2D eigenvalue weighted by molar-refractivity contribution is 0.150. The van der Waals surface area contributed by atoms with Gasteiger partial charge in [-0.2, -0.15) is 0 Å². The molecule has 0 bridgehead atoms. The van der Waals surface area contributed by atoms with E-state index >= 15 is 0 Å². The zero-order valence-electron chi connectivity index (χ0n) is 7.33. The zero-order chi connectivity index (χ0) is 8.60. The van der Waals surface area contributed by atoms with Crippen molar-refractivity contribution in [3.05, 3.63) is 35.9 Å². The maximum atomic E-state index is 9.60. The lowest BCUT2D eigenvalue weighted by Crippen LogP contribution is -2.22. The maximum absolute atomic E-state index is 9.60. The van der Waals surface area contributed by atoms with E-state index in [0.717, 1.165) is 12.8 Å². The third-order valence-electron chi connectivity index (χ3n) is 2.94. The van der Waals surface area contributed by atoms with Crippen LogP contribution in [0.3, 0.4) is 0 Å². The Morgan fingerprint density at radius 3 is 2.25 bits per heavy atom. The lowest BCUT2D eigenvalue weighted by atomic mass is 9.91. The minimum atomic E-state index is -0.208. The molecule has 1 aliphatic rings. The van der Waals surface area contributed by atoms with Crippen molar-refractivity contribution in [2.24, 2.45) is 0 Å². The molecule has 0 spiro atoms. The van der Waals surface area contributed by atoms with Gasteiger partial charge in [-0.25, -0.2) is 0 Å². The van der Waals surface area contributed by atoms with Gasteiger partial charge in [-0.05, 0) is 25.3 Å². The van der Waals surface area contributed by atoms with E-state index in [-0.39, 0.29) is 11.5 Å². The topological polar surface area (TPSA) is 20.2 Å². The Bertz CT molecular complexity index is 260. The van der Waals surface area contributed by atoms with Gasteiger partial charge in [-0.3, -0.25) is 0 Å². The number of hydrogen-bond acceptors (Lipinski definition) is 1. The van der Waals surface area contributed by atoms with E-state index in [1.807, 2.05) is 25.1 Å². The van der Waals surface area contributed by atoms with Gasteiger partial charge in [0.05, 0.1) is 6.10 Å². The summed E-state index contributed by atoms with van der Waals surface area (Å²) in [5.74, 6) is 0. The number of aliphatic hydroxyl groups excluding tert-OH is 1. The Morgan fingerprint density at radius 1 is 1.25 bits per heavy atom. The number of hydrogen-bond donors (Lipinski definition) is 1. The van der Waals surface area contributed by atoms with E-state index in [0.29, 0.717) is 0 Å². The van der Waals surface area contributed by atoms with Gasteiger partial charge in [-0.1, -0.05) is 30.3 Å². The van der Waals surface area contributed by atoms with Crippen LogP contribution in [0.4, 0.5) is 0 Å². The number of benzene rings is 1. The van der Waals surface area contributed by atoms with E-state index in [1.165, 1.54) is 5.56 Å². The molecule has 1 nitrogen and oxygen atoms in total. The molecular weight excluding hydrogens is 148 g/mol. The van der Waals surface area contributed by atoms with E-state index < -0.39 is 0 Å². The van der Waals surface area contributed by atoms with Crippen LogP contribution in [0.1, 0.15) is 25.3 Å². The zero-order valence-corrected chi connectivity index (χ0v) is 7.33. The molecule has 1 aromatic carbocycles. The van der Waals surface area contributed by atoms with Gasteiger partial charge in [0.25, 0.3) is 0 Å². The molecule has 1 unspecified atom stereocenters. The second-order valence-corrected chi connectivity index (χ2v) is 3.70. The fourth-order valence-electron chi connectivity index (χ4n) is 1.85. The molecular formula is C11H14O. The van der Waals surface area contributed by atoms with Gasteiger partial charge in [0, 0.05) is 5.41 Å². The average Bonchev–Trinajstić information content (AvgIpc) is 2.86. The van der Waals surface area contributed by atoms with Gasteiger partial charge in [0.15, 0.2) is 0 Å². The Labute approximate surface area is 73.0 Å². The van der Waals surface area contributed by atoms with Crippen LogP contribution >= 0.6 is 0 Å². The van der Waals surface area contributed by atoms with E-state index in [1.54, 1.807) is 0 Å². The van der Waals surface area contributed by atoms with Crippen molar-refractivity contribution in [1.82, 2.24) is 0 Å². The first-order valence-electron chi connectivity index (χ1n) is 4.49. The molecule has 1 atom stereocenters. The molecule has 2 rings (SSSR count). The second-order valence-electron chi connectivity index (χ2n) is 3.70. The highest BCUT2D eigenvalue weighted by atomic mass is 16.3. The quantitative estimate of drug-likeness (QED) is 0.706. The summed E-state index contributed by atoms with van der Waals surface area (Å²) in [6.07, 6.45) is 2.06. The summed E-state index contributed by atoms with van der Waals surface area (Å²) in [6.45, 7) is 1.89. The molecule has 1 aliphatic carbocycles. The van der Waals surface area contributed by atoms with Crippen LogP contribution in [-0.4, -0.2) is 11.2 Å². The molecule has 0 aliphatic heterocycles. The second kappa shape index (κ2) is 2.60. The minimum absolute atomic E-state index is 0.0985. The molecule has 1 N–H and O–H groups in total. The molecule has 0 saturated heterocycles. The van der Waals surface area contributed by atoms with E-state index in [4.69, 9.17) is 0 Å². The predicted molar refractivity (Wildman–Crippen MR) is 49.0 cm³/mol.